The molecule has 8 nitrogen and oxygen atoms in total. The van der Waals surface area contributed by atoms with Crippen molar-refractivity contribution in [3.63, 3.8) is 0 Å². The Hall–Kier alpha value is -1.99. The van der Waals surface area contributed by atoms with E-state index in [1.807, 2.05) is 34.6 Å². The number of nitrogens with zero attached hydrogens (tertiary/aromatic N) is 1. The number of nitrogens with one attached hydrogen (secondary N) is 4. The van der Waals surface area contributed by atoms with Gasteiger partial charge in [0.15, 0.2) is 5.96 Å². The van der Waals surface area contributed by atoms with E-state index >= 15 is 0 Å². The Kier molecular flexibility index (Phi) is 10.8. The normalized spacial score (nSPS) is 13.6. The standard InChI is InChI=1S/C19H39N5O3/c1-9-10-11-14(12-22-17(26)27-18(2,3)4)24-16(21-8)23-13-19(5,6)15(25)20-7/h14H,9-13H2,1-8H3,(H,20,25)(H,22,26)(H2,21,23,24). The van der Waals surface area contributed by atoms with Crippen LogP contribution in [-0.2, 0) is 9.53 Å². The number of alkyl carbamates (subject to hydrolysis) is 1. The Morgan fingerprint density at radius 1 is 1.11 bits per heavy atom. The van der Waals surface area contributed by atoms with Gasteiger partial charge in [0, 0.05) is 33.2 Å². The number of unbranched alkanes of at least 4 members (excludes halogenated alkanes) is 1. The fourth-order valence-electron chi connectivity index (χ4n) is 2.31. The molecule has 0 fully saturated rings. The van der Waals surface area contributed by atoms with E-state index in [0.29, 0.717) is 19.0 Å². The smallest absolute Gasteiger partial charge is 0.407 e. The summed E-state index contributed by atoms with van der Waals surface area (Å²) in [6.07, 6.45) is 2.52. The molecule has 0 spiro atoms. The molecule has 0 saturated heterocycles. The van der Waals surface area contributed by atoms with Crippen LogP contribution in [0.1, 0.15) is 60.8 Å². The lowest BCUT2D eigenvalue weighted by molar-refractivity contribution is -0.128. The third kappa shape index (κ3) is 11.4. The average Bonchev–Trinajstić information content (AvgIpc) is 2.57. The molecule has 0 aliphatic heterocycles. The van der Waals surface area contributed by atoms with Crippen LogP contribution in [0.4, 0.5) is 4.79 Å². The van der Waals surface area contributed by atoms with Gasteiger partial charge in [0.2, 0.25) is 5.91 Å². The second kappa shape index (κ2) is 11.7. The lowest BCUT2D eigenvalue weighted by atomic mass is 9.92. The maximum absolute atomic E-state index is 11.9. The summed E-state index contributed by atoms with van der Waals surface area (Å²) in [6, 6.07) is 0.00628. The van der Waals surface area contributed by atoms with E-state index in [0.717, 1.165) is 19.3 Å². The lowest BCUT2D eigenvalue weighted by Gasteiger charge is -2.27. The average molecular weight is 386 g/mol. The minimum Gasteiger partial charge on any atom is -0.444 e. The van der Waals surface area contributed by atoms with Crippen molar-refractivity contribution in [2.45, 2.75) is 72.4 Å². The van der Waals surface area contributed by atoms with E-state index in [2.05, 4.69) is 33.2 Å². The van der Waals surface area contributed by atoms with Crippen LogP contribution in [0.25, 0.3) is 0 Å². The summed E-state index contributed by atoms with van der Waals surface area (Å²) in [7, 11) is 3.31. The number of rotatable bonds is 9. The highest BCUT2D eigenvalue weighted by Gasteiger charge is 2.27. The van der Waals surface area contributed by atoms with E-state index in [1.165, 1.54) is 0 Å². The Balaban J connectivity index is 4.74. The molecule has 0 rings (SSSR count). The second-order valence-corrected chi connectivity index (χ2v) is 8.26. The van der Waals surface area contributed by atoms with Crippen LogP contribution in [0.3, 0.4) is 0 Å². The summed E-state index contributed by atoms with van der Waals surface area (Å²) < 4.78 is 5.29. The SMILES string of the molecule is CCCCC(CNC(=O)OC(C)(C)C)NC(=NC)NCC(C)(C)C(=O)NC. The molecule has 0 aromatic carbocycles. The predicted octanol–water partition coefficient (Wildman–Crippen LogP) is 2.01. The zero-order valence-electron chi connectivity index (χ0n) is 18.3. The van der Waals surface area contributed by atoms with Gasteiger partial charge in [-0.2, -0.15) is 0 Å². The number of hydrogen-bond acceptors (Lipinski definition) is 4. The third-order valence-corrected chi connectivity index (χ3v) is 3.90. The highest BCUT2D eigenvalue weighted by atomic mass is 16.6. The van der Waals surface area contributed by atoms with Gasteiger partial charge in [-0.1, -0.05) is 19.8 Å². The molecule has 0 aliphatic carbocycles. The van der Waals surface area contributed by atoms with Crippen molar-refractivity contribution in [3.8, 4) is 0 Å². The molecule has 0 saturated carbocycles. The Bertz CT molecular complexity index is 498. The number of guanidine groups is 1. The number of carbonyl (C=O) groups is 2. The van der Waals surface area contributed by atoms with Gasteiger partial charge in [-0.05, 0) is 41.0 Å². The molecule has 0 aliphatic rings. The van der Waals surface area contributed by atoms with Gasteiger partial charge in [0.25, 0.3) is 0 Å². The van der Waals surface area contributed by atoms with Crippen LogP contribution in [0.2, 0.25) is 0 Å². The van der Waals surface area contributed by atoms with E-state index < -0.39 is 17.1 Å². The molecule has 1 unspecified atom stereocenters. The summed E-state index contributed by atoms with van der Waals surface area (Å²) in [5.41, 5.74) is -1.10. The quantitative estimate of drug-likeness (QED) is 0.359. The fraction of sp³-hybridized carbons (Fsp3) is 0.842. The topological polar surface area (TPSA) is 104 Å². The van der Waals surface area contributed by atoms with Gasteiger partial charge in [-0.3, -0.25) is 9.79 Å². The van der Waals surface area contributed by atoms with Crippen molar-refractivity contribution in [2.75, 3.05) is 27.2 Å². The van der Waals surface area contributed by atoms with Gasteiger partial charge in [-0.15, -0.1) is 0 Å². The molecule has 27 heavy (non-hydrogen) atoms. The highest BCUT2D eigenvalue weighted by molar-refractivity contribution is 5.84. The number of ether oxygens (including phenoxy) is 1. The van der Waals surface area contributed by atoms with Crippen molar-refractivity contribution < 1.29 is 14.3 Å². The molecule has 0 bridgehead atoms. The highest BCUT2D eigenvalue weighted by Crippen LogP contribution is 2.13. The fourth-order valence-corrected chi connectivity index (χ4v) is 2.31. The van der Waals surface area contributed by atoms with Crippen LogP contribution < -0.4 is 21.3 Å². The largest absolute Gasteiger partial charge is 0.444 e. The summed E-state index contributed by atoms with van der Waals surface area (Å²) in [5.74, 6) is 0.554. The van der Waals surface area contributed by atoms with Gasteiger partial charge in [-0.25, -0.2) is 4.79 Å². The number of carbonyl (C=O) groups excluding carboxylic acids is 2. The zero-order valence-corrected chi connectivity index (χ0v) is 18.3. The molecule has 0 aromatic heterocycles. The Morgan fingerprint density at radius 3 is 2.22 bits per heavy atom. The molecule has 158 valence electrons. The van der Waals surface area contributed by atoms with Crippen LogP contribution in [0.15, 0.2) is 4.99 Å². The maximum atomic E-state index is 11.9. The summed E-state index contributed by atoms with van der Waals surface area (Å²) in [4.78, 5) is 28.1. The monoisotopic (exact) mass is 385 g/mol. The van der Waals surface area contributed by atoms with Gasteiger partial charge >= 0.3 is 6.09 Å². The summed E-state index contributed by atoms with van der Waals surface area (Å²) in [6.45, 7) is 12.2. The molecule has 0 radical (unpaired) electrons. The third-order valence-electron chi connectivity index (χ3n) is 3.90. The van der Waals surface area contributed by atoms with Gasteiger partial charge in [0.1, 0.15) is 5.60 Å². The van der Waals surface area contributed by atoms with Crippen LogP contribution >= 0.6 is 0 Å². The number of amides is 2. The Morgan fingerprint density at radius 2 is 1.74 bits per heavy atom. The molecular weight excluding hydrogens is 346 g/mol. The first-order chi connectivity index (χ1) is 12.4. The van der Waals surface area contributed by atoms with E-state index in [9.17, 15) is 9.59 Å². The van der Waals surface area contributed by atoms with Gasteiger partial charge in [0.05, 0.1) is 5.41 Å². The van der Waals surface area contributed by atoms with E-state index in [-0.39, 0.29) is 11.9 Å². The molecule has 8 heteroatoms. The minimum absolute atomic E-state index is 0.00628. The van der Waals surface area contributed by atoms with Crippen molar-refractivity contribution >= 4 is 18.0 Å². The van der Waals surface area contributed by atoms with Crippen molar-refractivity contribution in [1.82, 2.24) is 21.3 Å². The molecule has 0 aromatic rings. The Labute approximate surface area is 164 Å². The van der Waals surface area contributed by atoms with Crippen molar-refractivity contribution in [1.29, 1.82) is 0 Å². The van der Waals surface area contributed by atoms with E-state index in [4.69, 9.17) is 4.74 Å². The minimum atomic E-state index is -0.569. The maximum Gasteiger partial charge on any atom is 0.407 e. The second-order valence-electron chi connectivity index (χ2n) is 8.26. The molecule has 2 amide bonds. The molecule has 4 N–H and O–H groups in total. The summed E-state index contributed by atoms with van der Waals surface area (Å²) in [5, 5.41) is 12.0. The van der Waals surface area contributed by atoms with E-state index in [1.54, 1.807) is 14.1 Å². The van der Waals surface area contributed by atoms with Crippen LogP contribution in [-0.4, -0.2) is 56.8 Å². The lowest BCUT2D eigenvalue weighted by Crippen LogP contribution is -2.52. The number of aliphatic imine (C=N–C) groups is 1. The van der Waals surface area contributed by atoms with Crippen molar-refractivity contribution in [2.24, 2.45) is 10.4 Å². The first kappa shape index (κ1) is 25.0. The van der Waals surface area contributed by atoms with Crippen molar-refractivity contribution in [3.05, 3.63) is 0 Å². The molecule has 1 atom stereocenters. The predicted molar refractivity (Wildman–Crippen MR) is 110 cm³/mol. The summed E-state index contributed by atoms with van der Waals surface area (Å²) >= 11 is 0. The molecular formula is C19H39N5O3. The first-order valence-corrected chi connectivity index (χ1v) is 9.61. The first-order valence-electron chi connectivity index (χ1n) is 9.61. The van der Waals surface area contributed by atoms with Crippen LogP contribution in [0.5, 0.6) is 0 Å². The number of hydrogen-bond donors (Lipinski definition) is 4. The van der Waals surface area contributed by atoms with Crippen LogP contribution in [0, 0.1) is 5.41 Å². The molecule has 0 heterocycles. The van der Waals surface area contributed by atoms with Gasteiger partial charge < -0.3 is 26.0 Å². The zero-order chi connectivity index (χ0) is 21.1.